The standard InChI is InChI=1S/C12H10Cl2N4O/c1-15-11-9(14)4-7(5-17-11)12(19)18-10-3-2-8(13)6-16-10/h2-6H,1H3,(H,15,17)(H,16,18,19). The van der Waals surface area contributed by atoms with Gasteiger partial charge in [-0.05, 0) is 18.2 Å². The van der Waals surface area contributed by atoms with Gasteiger partial charge in [-0.15, -0.1) is 0 Å². The summed E-state index contributed by atoms with van der Waals surface area (Å²) in [4.78, 5) is 19.9. The van der Waals surface area contributed by atoms with E-state index in [1.807, 2.05) is 0 Å². The minimum absolute atomic E-state index is 0.341. The maximum Gasteiger partial charge on any atom is 0.258 e. The molecule has 0 saturated carbocycles. The van der Waals surface area contributed by atoms with Crippen LogP contribution in [-0.2, 0) is 0 Å². The first-order valence-electron chi connectivity index (χ1n) is 5.36. The molecule has 98 valence electrons. The number of carbonyl (C=O) groups is 1. The van der Waals surface area contributed by atoms with E-state index in [0.29, 0.717) is 27.2 Å². The van der Waals surface area contributed by atoms with Gasteiger partial charge in [-0.2, -0.15) is 0 Å². The van der Waals surface area contributed by atoms with Crippen LogP contribution in [0, 0.1) is 0 Å². The largest absolute Gasteiger partial charge is 0.372 e. The quantitative estimate of drug-likeness (QED) is 0.913. The third-order valence-corrected chi connectivity index (χ3v) is 2.82. The molecule has 0 aliphatic carbocycles. The molecule has 0 aliphatic heterocycles. The Labute approximate surface area is 120 Å². The van der Waals surface area contributed by atoms with Crippen molar-refractivity contribution in [2.45, 2.75) is 0 Å². The maximum absolute atomic E-state index is 11.9. The summed E-state index contributed by atoms with van der Waals surface area (Å²) in [5.74, 6) is 0.581. The van der Waals surface area contributed by atoms with E-state index >= 15 is 0 Å². The molecule has 19 heavy (non-hydrogen) atoms. The summed E-state index contributed by atoms with van der Waals surface area (Å²) in [6.07, 6.45) is 2.88. The van der Waals surface area contributed by atoms with Gasteiger partial charge >= 0.3 is 0 Å². The van der Waals surface area contributed by atoms with Gasteiger partial charge in [-0.25, -0.2) is 9.97 Å². The van der Waals surface area contributed by atoms with Crippen LogP contribution < -0.4 is 10.6 Å². The van der Waals surface area contributed by atoms with Crippen LogP contribution in [0.3, 0.4) is 0 Å². The normalized spacial score (nSPS) is 10.1. The summed E-state index contributed by atoms with van der Waals surface area (Å²) in [6.45, 7) is 0. The van der Waals surface area contributed by atoms with Gasteiger partial charge in [-0.3, -0.25) is 4.79 Å². The van der Waals surface area contributed by atoms with Crippen LogP contribution in [0.4, 0.5) is 11.6 Å². The Balaban J connectivity index is 2.16. The molecule has 2 aromatic heterocycles. The zero-order chi connectivity index (χ0) is 13.8. The molecule has 2 aromatic rings. The molecule has 0 aliphatic rings. The van der Waals surface area contributed by atoms with Crippen LogP contribution in [0.1, 0.15) is 10.4 Å². The molecule has 0 fully saturated rings. The van der Waals surface area contributed by atoms with Crippen molar-refractivity contribution >= 4 is 40.7 Å². The zero-order valence-electron chi connectivity index (χ0n) is 9.95. The van der Waals surface area contributed by atoms with Crippen LogP contribution in [0.2, 0.25) is 10.0 Å². The Morgan fingerprint density at radius 2 is 2.00 bits per heavy atom. The molecule has 0 bridgehead atoms. The zero-order valence-corrected chi connectivity index (χ0v) is 11.5. The van der Waals surface area contributed by atoms with Gasteiger partial charge in [0.15, 0.2) is 0 Å². The number of amides is 1. The molecular formula is C12H10Cl2N4O. The highest BCUT2D eigenvalue weighted by Crippen LogP contribution is 2.20. The molecule has 0 radical (unpaired) electrons. The highest BCUT2D eigenvalue weighted by Gasteiger charge is 2.10. The Hall–Kier alpha value is -1.85. The number of aromatic nitrogens is 2. The fourth-order valence-electron chi connectivity index (χ4n) is 1.38. The summed E-state index contributed by atoms with van der Waals surface area (Å²) in [6, 6.07) is 4.78. The van der Waals surface area contributed by atoms with Gasteiger partial charge in [0.05, 0.1) is 15.6 Å². The molecule has 7 heteroatoms. The third-order valence-electron chi connectivity index (χ3n) is 2.31. The van der Waals surface area contributed by atoms with Crippen molar-refractivity contribution in [3.05, 3.63) is 46.2 Å². The number of halogens is 2. The number of nitrogens with zero attached hydrogens (tertiary/aromatic N) is 2. The van der Waals surface area contributed by atoms with Crippen molar-refractivity contribution in [3.63, 3.8) is 0 Å². The fraction of sp³-hybridized carbons (Fsp3) is 0.0833. The van der Waals surface area contributed by atoms with E-state index in [9.17, 15) is 4.79 Å². The van der Waals surface area contributed by atoms with Crippen LogP contribution in [0.25, 0.3) is 0 Å². The van der Waals surface area contributed by atoms with Gasteiger partial charge in [-0.1, -0.05) is 23.2 Å². The van der Waals surface area contributed by atoms with E-state index in [2.05, 4.69) is 20.6 Å². The molecular weight excluding hydrogens is 287 g/mol. The van der Waals surface area contributed by atoms with Crippen molar-refractivity contribution in [2.24, 2.45) is 0 Å². The summed E-state index contributed by atoms with van der Waals surface area (Å²) < 4.78 is 0. The van der Waals surface area contributed by atoms with Gasteiger partial charge in [0.25, 0.3) is 5.91 Å². The first-order chi connectivity index (χ1) is 9.10. The monoisotopic (exact) mass is 296 g/mol. The minimum atomic E-state index is -0.341. The lowest BCUT2D eigenvalue weighted by Gasteiger charge is -2.06. The first kappa shape index (κ1) is 13.6. The Morgan fingerprint density at radius 3 is 2.58 bits per heavy atom. The Bertz CT molecular complexity index is 601. The van der Waals surface area contributed by atoms with E-state index in [-0.39, 0.29) is 5.91 Å². The van der Waals surface area contributed by atoms with Crippen molar-refractivity contribution in [2.75, 3.05) is 17.7 Å². The third kappa shape index (κ3) is 3.33. The molecule has 0 atom stereocenters. The average Bonchev–Trinajstić information content (AvgIpc) is 2.41. The second-order valence-electron chi connectivity index (χ2n) is 3.62. The second-order valence-corrected chi connectivity index (χ2v) is 4.46. The van der Waals surface area contributed by atoms with E-state index in [1.54, 1.807) is 19.2 Å². The predicted molar refractivity (Wildman–Crippen MR) is 76.0 cm³/mol. The second kappa shape index (κ2) is 5.86. The molecule has 1 amide bonds. The number of rotatable bonds is 3. The Kier molecular flexibility index (Phi) is 4.19. The molecule has 0 saturated heterocycles. The maximum atomic E-state index is 11.9. The van der Waals surface area contributed by atoms with Gasteiger partial charge < -0.3 is 10.6 Å². The first-order valence-corrected chi connectivity index (χ1v) is 6.12. The SMILES string of the molecule is CNc1ncc(C(=O)Nc2ccc(Cl)cn2)cc1Cl. The average molecular weight is 297 g/mol. The molecule has 2 rings (SSSR count). The predicted octanol–water partition coefficient (Wildman–Crippen LogP) is 3.08. The fourth-order valence-corrected chi connectivity index (χ4v) is 1.76. The summed E-state index contributed by atoms with van der Waals surface area (Å²) in [7, 11) is 1.70. The van der Waals surface area contributed by atoms with Crippen molar-refractivity contribution in [1.29, 1.82) is 0 Å². The Morgan fingerprint density at radius 1 is 1.21 bits per heavy atom. The number of nitrogens with one attached hydrogen (secondary N) is 2. The van der Waals surface area contributed by atoms with E-state index in [4.69, 9.17) is 23.2 Å². The lowest BCUT2D eigenvalue weighted by molar-refractivity contribution is 0.102. The summed E-state index contributed by atoms with van der Waals surface area (Å²) in [5, 5.41) is 6.31. The number of pyridine rings is 2. The molecule has 0 unspecified atom stereocenters. The number of hydrogen-bond donors (Lipinski definition) is 2. The molecule has 2 heterocycles. The van der Waals surface area contributed by atoms with Crippen molar-refractivity contribution in [1.82, 2.24) is 9.97 Å². The van der Waals surface area contributed by atoms with Crippen LogP contribution in [0.15, 0.2) is 30.6 Å². The summed E-state index contributed by atoms with van der Waals surface area (Å²) >= 11 is 11.7. The highest BCUT2D eigenvalue weighted by molar-refractivity contribution is 6.33. The minimum Gasteiger partial charge on any atom is -0.372 e. The van der Waals surface area contributed by atoms with Gasteiger partial charge in [0.1, 0.15) is 11.6 Å². The van der Waals surface area contributed by atoms with E-state index < -0.39 is 0 Å². The summed E-state index contributed by atoms with van der Waals surface area (Å²) in [5.41, 5.74) is 0.348. The van der Waals surface area contributed by atoms with E-state index in [0.717, 1.165) is 0 Å². The van der Waals surface area contributed by atoms with Gasteiger partial charge in [0.2, 0.25) is 0 Å². The van der Waals surface area contributed by atoms with Crippen LogP contribution >= 0.6 is 23.2 Å². The lowest BCUT2D eigenvalue weighted by Crippen LogP contribution is -2.13. The van der Waals surface area contributed by atoms with Crippen LogP contribution in [0.5, 0.6) is 0 Å². The number of anilines is 2. The smallest absolute Gasteiger partial charge is 0.258 e. The molecule has 0 aromatic carbocycles. The molecule has 2 N–H and O–H groups in total. The topological polar surface area (TPSA) is 66.9 Å². The van der Waals surface area contributed by atoms with Gasteiger partial charge in [0, 0.05) is 19.4 Å². The number of carbonyl (C=O) groups excluding carboxylic acids is 1. The van der Waals surface area contributed by atoms with E-state index in [1.165, 1.54) is 18.5 Å². The van der Waals surface area contributed by atoms with Crippen molar-refractivity contribution in [3.8, 4) is 0 Å². The van der Waals surface area contributed by atoms with Crippen molar-refractivity contribution < 1.29 is 4.79 Å². The number of hydrogen-bond acceptors (Lipinski definition) is 4. The highest BCUT2D eigenvalue weighted by atomic mass is 35.5. The van der Waals surface area contributed by atoms with Crippen LogP contribution in [-0.4, -0.2) is 22.9 Å². The molecule has 5 nitrogen and oxygen atoms in total. The lowest BCUT2D eigenvalue weighted by atomic mass is 10.2. The molecule has 0 spiro atoms.